The van der Waals surface area contributed by atoms with E-state index in [-0.39, 0.29) is 5.75 Å². The van der Waals surface area contributed by atoms with Crippen LogP contribution in [0, 0.1) is 0 Å². The molecule has 1 fully saturated rings. The maximum atomic E-state index is 9.47. The number of nitrogens with zero attached hydrogens (tertiary/aromatic N) is 2. The molecule has 1 aromatic heterocycles. The molecule has 0 bridgehead atoms. The monoisotopic (exact) mass is 416 g/mol. The van der Waals surface area contributed by atoms with E-state index in [1.54, 1.807) is 31.5 Å². The van der Waals surface area contributed by atoms with Crippen LogP contribution in [0.25, 0.3) is 10.9 Å². The smallest absolute Gasteiger partial charge is 0.227 e. The average molecular weight is 417 g/mol. The number of hydrogen-bond donors (Lipinski definition) is 3. The van der Waals surface area contributed by atoms with Gasteiger partial charge in [-0.05, 0) is 50.2 Å². The number of rotatable bonds is 3. The van der Waals surface area contributed by atoms with Crippen LogP contribution in [0.15, 0.2) is 47.1 Å². The lowest BCUT2D eigenvalue weighted by molar-refractivity contribution is 0.418. The van der Waals surface area contributed by atoms with Crippen molar-refractivity contribution >= 4 is 38.5 Å². The van der Waals surface area contributed by atoms with Crippen molar-refractivity contribution in [3.05, 3.63) is 47.1 Å². The number of fused-ring (bicyclic) bond motifs is 1. The first-order valence-electron chi connectivity index (χ1n) is 8.43. The Morgan fingerprint density at radius 2 is 2.00 bits per heavy atom. The number of aromatic nitrogens is 2. The van der Waals surface area contributed by atoms with E-state index in [0.717, 1.165) is 15.4 Å². The topological polar surface area (TPSA) is 79.3 Å². The highest BCUT2D eigenvalue weighted by atomic mass is 79.9. The molecule has 0 amide bonds. The molecule has 0 spiro atoms. The molecule has 2 heterocycles. The van der Waals surface area contributed by atoms with Crippen LogP contribution in [-0.2, 0) is 0 Å². The van der Waals surface area contributed by atoms with Crippen molar-refractivity contribution in [3.8, 4) is 11.5 Å². The summed E-state index contributed by atoms with van der Waals surface area (Å²) >= 11 is 3.43. The number of phenols is 1. The second-order valence-electron chi connectivity index (χ2n) is 5.87. The Kier molecular flexibility index (Phi) is 6.25. The van der Waals surface area contributed by atoms with Gasteiger partial charge in [0.2, 0.25) is 5.95 Å². The molecule has 0 unspecified atom stereocenters. The third-order valence-electron chi connectivity index (χ3n) is 3.89. The number of ether oxygens (including phenoxy) is 1. The molecule has 0 atom stereocenters. The van der Waals surface area contributed by atoms with Crippen LogP contribution in [0.5, 0.6) is 11.5 Å². The molecule has 3 N–H and O–H groups in total. The number of phenolic OH excluding ortho intramolecular Hbond substituents is 1. The zero-order chi connectivity index (χ0) is 18.4. The fraction of sp³-hybridized carbons (Fsp3) is 0.263. The van der Waals surface area contributed by atoms with Crippen molar-refractivity contribution in [2.24, 2.45) is 0 Å². The summed E-state index contributed by atoms with van der Waals surface area (Å²) in [6, 6.07) is 10.6. The first-order valence-corrected chi connectivity index (χ1v) is 9.22. The van der Waals surface area contributed by atoms with Crippen molar-refractivity contribution in [1.29, 1.82) is 0 Å². The normalized spacial score (nSPS) is 13.2. The molecule has 4 rings (SSSR count). The van der Waals surface area contributed by atoms with E-state index < -0.39 is 0 Å². The van der Waals surface area contributed by atoms with Crippen LogP contribution in [0.1, 0.15) is 12.8 Å². The maximum Gasteiger partial charge on any atom is 0.227 e. The van der Waals surface area contributed by atoms with E-state index in [4.69, 9.17) is 4.74 Å². The van der Waals surface area contributed by atoms with Gasteiger partial charge >= 0.3 is 0 Å². The molecule has 0 saturated carbocycles. The van der Waals surface area contributed by atoms with Crippen LogP contribution in [0.4, 0.5) is 11.6 Å². The van der Waals surface area contributed by atoms with E-state index in [1.807, 2.05) is 18.2 Å². The van der Waals surface area contributed by atoms with Gasteiger partial charge in [0, 0.05) is 27.8 Å². The number of anilines is 2. The number of benzene rings is 2. The Hall–Kier alpha value is -2.38. The number of aromatic hydroxyl groups is 1. The van der Waals surface area contributed by atoms with E-state index in [2.05, 4.69) is 36.5 Å². The predicted octanol–water partition coefficient (Wildman–Crippen LogP) is 4.22. The summed E-state index contributed by atoms with van der Waals surface area (Å²) in [7, 11) is 1.60. The molecule has 0 radical (unpaired) electrons. The molecule has 3 aromatic rings. The summed E-state index contributed by atoms with van der Waals surface area (Å²) in [5, 5.41) is 16.6. The molecule has 6 nitrogen and oxygen atoms in total. The highest BCUT2D eigenvalue weighted by Crippen LogP contribution is 2.29. The maximum absolute atomic E-state index is 9.47. The van der Waals surface area contributed by atoms with E-state index in [9.17, 15) is 5.11 Å². The fourth-order valence-corrected chi connectivity index (χ4v) is 3.09. The van der Waals surface area contributed by atoms with Gasteiger partial charge in [0.1, 0.15) is 17.0 Å². The van der Waals surface area contributed by atoms with Crippen LogP contribution in [0.2, 0.25) is 0 Å². The zero-order valence-corrected chi connectivity index (χ0v) is 16.1. The first kappa shape index (κ1) is 18.4. The summed E-state index contributed by atoms with van der Waals surface area (Å²) in [6.07, 6.45) is 4.50. The minimum absolute atomic E-state index is 0.183. The molecule has 136 valence electrons. The number of hydrogen-bond acceptors (Lipinski definition) is 6. The molecule has 1 saturated heterocycles. The van der Waals surface area contributed by atoms with Crippen molar-refractivity contribution in [2.45, 2.75) is 12.8 Å². The van der Waals surface area contributed by atoms with E-state index in [0.29, 0.717) is 17.4 Å². The van der Waals surface area contributed by atoms with Crippen LogP contribution in [-0.4, -0.2) is 35.3 Å². The molecular formula is C19H21BrN4O2. The standard InChI is InChI=1S/C15H12BrN3O2.C4H9N/c1-21-13-6-10(16)5-9-8-17-15(19-14(9)13)18-11-3-2-4-12(20)7-11;1-2-4-5-3-1/h2-8,20H,1H3,(H,17,18,19);5H,1-4H2. The first-order chi connectivity index (χ1) is 12.7. The summed E-state index contributed by atoms with van der Waals surface area (Å²) in [5.74, 6) is 1.29. The summed E-state index contributed by atoms with van der Waals surface area (Å²) in [6.45, 7) is 2.50. The Balaban J connectivity index is 0.000000339. The lowest BCUT2D eigenvalue weighted by Gasteiger charge is -2.09. The summed E-state index contributed by atoms with van der Waals surface area (Å²) < 4.78 is 6.25. The van der Waals surface area contributed by atoms with Crippen molar-refractivity contribution in [2.75, 3.05) is 25.5 Å². The Morgan fingerprint density at radius 3 is 2.65 bits per heavy atom. The molecule has 26 heavy (non-hydrogen) atoms. The Bertz CT molecular complexity index is 877. The molecule has 1 aliphatic rings. The second kappa shape index (κ2) is 8.82. The quantitative estimate of drug-likeness (QED) is 0.592. The lowest BCUT2D eigenvalue weighted by atomic mass is 10.2. The van der Waals surface area contributed by atoms with Gasteiger partial charge in [0.25, 0.3) is 0 Å². The largest absolute Gasteiger partial charge is 0.508 e. The number of halogens is 1. The molecule has 0 aliphatic carbocycles. The van der Waals surface area contributed by atoms with Crippen LogP contribution >= 0.6 is 15.9 Å². The highest BCUT2D eigenvalue weighted by Gasteiger charge is 2.08. The third-order valence-corrected chi connectivity index (χ3v) is 4.35. The van der Waals surface area contributed by atoms with Crippen molar-refractivity contribution < 1.29 is 9.84 Å². The van der Waals surface area contributed by atoms with Gasteiger partial charge in [0.15, 0.2) is 0 Å². The average Bonchev–Trinajstić information content (AvgIpc) is 3.21. The van der Waals surface area contributed by atoms with Gasteiger partial charge in [-0.25, -0.2) is 9.97 Å². The summed E-state index contributed by atoms with van der Waals surface area (Å²) in [5.41, 5.74) is 1.43. The van der Waals surface area contributed by atoms with E-state index >= 15 is 0 Å². The van der Waals surface area contributed by atoms with Crippen molar-refractivity contribution in [1.82, 2.24) is 15.3 Å². The van der Waals surface area contributed by atoms with Gasteiger partial charge < -0.3 is 20.5 Å². The third kappa shape index (κ3) is 4.83. The minimum atomic E-state index is 0.183. The molecular weight excluding hydrogens is 396 g/mol. The van der Waals surface area contributed by atoms with E-state index in [1.165, 1.54) is 25.9 Å². The lowest BCUT2D eigenvalue weighted by Crippen LogP contribution is -2.03. The second-order valence-corrected chi connectivity index (χ2v) is 6.79. The van der Waals surface area contributed by atoms with Gasteiger partial charge in [-0.2, -0.15) is 0 Å². The molecule has 2 aromatic carbocycles. The SMILES string of the molecule is C1CCNC1.COc1cc(Br)cc2cnc(Nc3cccc(O)c3)nc12. The molecule has 1 aliphatic heterocycles. The summed E-state index contributed by atoms with van der Waals surface area (Å²) in [4.78, 5) is 8.73. The highest BCUT2D eigenvalue weighted by molar-refractivity contribution is 9.10. The Labute approximate surface area is 160 Å². The fourth-order valence-electron chi connectivity index (χ4n) is 2.63. The molecule has 7 heteroatoms. The minimum Gasteiger partial charge on any atom is -0.508 e. The van der Waals surface area contributed by atoms with Crippen LogP contribution in [0.3, 0.4) is 0 Å². The van der Waals surface area contributed by atoms with Gasteiger partial charge in [-0.3, -0.25) is 0 Å². The van der Waals surface area contributed by atoms with Gasteiger partial charge in [-0.1, -0.05) is 22.0 Å². The number of methoxy groups -OCH3 is 1. The zero-order valence-electron chi connectivity index (χ0n) is 14.5. The number of nitrogens with one attached hydrogen (secondary N) is 2. The van der Waals surface area contributed by atoms with Crippen LogP contribution < -0.4 is 15.4 Å². The van der Waals surface area contributed by atoms with Gasteiger partial charge in [0.05, 0.1) is 7.11 Å². The predicted molar refractivity (Wildman–Crippen MR) is 107 cm³/mol. The van der Waals surface area contributed by atoms with Gasteiger partial charge in [-0.15, -0.1) is 0 Å². The Morgan fingerprint density at radius 1 is 1.19 bits per heavy atom. The van der Waals surface area contributed by atoms with Crippen molar-refractivity contribution in [3.63, 3.8) is 0 Å².